The Hall–Kier alpha value is -0.470. The van der Waals surface area contributed by atoms with Crippen molar-refractivity contribution >= 4 is 5.78 Å². The van der Waals surface area contributed by atoms with Gasteiger partial charge in [-0.05, 0) is 24.2 Å². The third-order valence-electron chi connectivity index (χ3n) is 3.45. The average Bonchev–Trinajstić information content (AvgIpc) is 2.06. The van der Waals surface area contributed by atoms with Crippen molar-refractivity contribution in [1.29, 1.82) is 0 Å². The topological polar surface area (TPSA) is 17.1 Å². The van der Waals surface area contributed by atoms with Crippen LogP contribution in [0.5, 0.6) is 0 Å². The molecule has 15 heavy (non-hydrogen) atoms. The Bertz CT molecular complexity index is 230. The Kier molecular flexibility index (Phi) is 3.85. The highest BCUT2D eigenvalue weighted by Crippen LogP contribution is 2.40. The standard InChI is InChI=1S/C12H20F2O/c1-12(2,3)9-4-5-10(15)8(6-9)7-11(13)14/h8-9,11H,4-7H2,1-3H3. The molecule has 0 aromatic carbocycles. The fourth-order valence-electron chi connectivity index (χ4n) is 2.34. The van der Waals surface area contributed by atoms with Crippen molar-refractivity contribution in [3.63, 3.8) is 0 Å². The molecule has 1 rings (SSSR count). The molecule has 2 unspecified atom stereocenters. The minimum Gasteiger partial charge on any atom is -0.299 e. The van der Waals surface area contributed by atoms with Gasteiger partial charge in [-0.2, -0.15) is 0 Å². The van der Waals surface area contributed by atoms with Gasteiger partial charge >= 0.3 is 0 Å². The number of hydrogen-bond acceptors (Lipinski definition) is 1. The van der Waals surface area contributed by atoms with E-state index < -0.39 is 12.3 Å². The van der Waals surface area contributed by atoms with E-state index in [1.807, 2.05) is 0 Å². The molecule has 0 spiro atoms. The average molecular weight is 218 g/mol. The van der Waals surface area contributed by atoms with Crippen LogP contribution in [0.1, 0.15) is 46.5 Å². The molecule has 0 aliphatic heterocycles. The number of rotatable bonds is 2. The fraction of sp³-hybridized carbons (Fsp3) is 0.917. The Morgan fingerprint density at radius 1 is 1.40 bits per heavy atom. The Labute approximate surface area is 90.2 Å². The normalized spacial score (nSPS) is 28.5. The second-order valence-electron chi connectivity index (χ2n) is 5.63. The molecule has 0 N–H and O–H groups in total. The second kappa shape index (κ2) is 4.58. The van der Waals surface area contributed by atoms with Gasteiger partial charge in [0.05, 0.1) is 0 Å². The molecule has 0 aromatic rings. The van der Waals surface area contributed by atoms with Crippen molar-refractivity contribution in [2.24, 2.45) is 17.3 Å². The van der Waals surface area contributed by atoms with E-state index >= 15 is 0 Å². The summed E-state index contributed by atoms with van der Waals surface area (Å²) in [6.45, 7) is 6.35. The first kappa shape index (κ1) is 12.6. The molecule has 0 amide bonds. The first-order chi connectivity index (χ1) is 6.80. The minimum absolute atomic E-state index is 0.0378. The summed E-state index contributed by atoms with van der Waals surface area (Å²) in [6, 6.07) is 0. The molecule has 0 radical (unpaired) electrons. The number of carbonyl (C=O) groups is 1. The van der Waals surface area contributed by atoms with Crippen LogP contribution in [0.15, 0.2) is 0 Å². The highest BCUT2D eigenvalue weighted by atomic mass is 19.3. The van der Waals surface area contributed by atoms with Crippen LogP contribution in [-0.4, -0.2) is 12.2 Å². The van der Waals surface area contributed by atoms with Crippen LogP contribution in [0.3, 0.4) is 0 Å². The monoisotopic (exact) mass is 218 g/mol. The highest BCUT2D eigenvalue weighted by molar-refractivity contribution is 5.81. The van der Waals surface area contributed by atoms with E-state index in [1.54, 1.807) is 0 Å². The molecule has 1 nitrogen and oxygen atoms in total. The smallest absolute Gasteiger partial charge is 0.239 e. The molecular weight excluding hydrogens is 198 g/mol. The lowest BCUT2D eigenvalue weighted by Crippen LogP contribution is -2.32. The second-order valence-corrected chi connectivity index (χ2v) is 5.63. The number of hydrogen-bond donors (Lipinski definition) is 0. The van der Waals surface area contributed by atoms with Crippen molar-refractivity contribution in [1.82, 2.24) is 0 Å². The summed E-state index contributed by atoms with van der Waals surface area (Å²) in [4.78, 5) is 11.5. The molecule has 0 saturated heterocycles. The third-order valence-corrected chi connectivity index (χ3v) is 3.45. The zero-order valence-electron chi connectivity index (χ0n) is 9.72. The lowest BCUT2D eigenvalue weighted by molar-refractivity contribution is -0.128. The van der Waals surface area contributed by atoms with Gasteiger partial charge < -0.3 is 0 Å². The maximum Gasteiger partial charge on any atom is 0.239 e. The lowest BCUT2D eigenvalue weighted by Gasteiger charge is -2.36. The predicted molar refractivity (Wildman–Crippen MR) is 55.9 cm³/mol. The molecular formula is C12H20F2O. The van der Waals surface area contributed by atoms with Crippen molar-refractivity contribution in [2.45, 2.75) is 52.9 Å². The largest absolute Gasteiger partial charge is 0.299 e. The van der Waals surface area contributed by atoms with Gasteiger partial charge in [-0.15, -0.1) is 0 Å². The van der Waals surface area contributed by atoms with Gasteiger partial charge in [-0.25, -0.2) is 8.78 Å². The SMILES string of the molecule is CC(C)(C)C1CCC(=O)C(CC(F)F)C1. The molecule has 1 saturated carbocycles. The number of ketones is 1. The van der Waals surface area contributed by atoms with Gasteiger partial charge in [0.1, 0.15) is 5.78 Å². The van der Waals surface area contributed by atoms with Crippen LogP contribution in [0.4, 0.5) is 8.78 Å². The molecule has 88 valence electrons. The Morgan fingerprint density at radius 2 is 2.00 bits per heavy atom. The van der Waals surface area contributed by atoms with Crippen molar-refractivity contribution in [3.05, 3.63) is 0 Å². The van der Waals surface area contributed by atoms with Gasteiger partial charge in [0.15, 0.2) is 0 Å². The van der Waals surface area contributed by atoms with Crippen LogP contribution in [-0.2, 0) is 4.79 Å². The first-order valence-electron chi connectivity index (χ1n) is 5.61. The molecule has 0 bridgehead atoms. The summed E-state index contributed by atoms with van der Waals surface area (Å²) in [5.41, 5.74) is 0.126. The summed E-state index contributed by atoms with van der Waals surface area (Å²) >= 11 is 0. The molecule has 1 fully saturated rings. The van der Waals surface area contributed by atoms with E-state index in [2.05, 4.69) is 20.8 Å². The van der Waals surface area contributed by atoms with Crippen molar-refractivity contribution < 1.29 is 13.6 Å². The summed E-state index contributed by atoms with van der Waals surface area (Å²) in [6.07, 6.45) is -0.600. The zero-order valence-corrected chi connectivity index (χ0v) is 9.72. The number of halogens is 2. The Morgan fingerprint density at radius 3 is 2.47 bits per heavy atom. The number of Topliss-reactive ketones (excluding diaryl/α,β-unsaturated/α-hetero) is 1. The van der Waals surface area contributed by atoms with Gasteiger partial charge in [0.2, 0.25) is 6.43 Å². The van der Waals surface area contributed by atoms with Crippen LogP contribution in [0.2, 0.25) is 0 Å². The number of carbonyl (C=O) groups excluding carboxylic acids is 1. The molecule has 2 atom stereocenters. The number of alkyl halides is 2. The maximum absolute atomic E-state index is 12.3. The van der Waals surface area contributed by atoms with Gasteiger partial charge in [-0.3, -0.25) is 4.79 Å². The van der Waals surface area contributed by atoms with Crippen LogP contribution >= 0.6 is 0 Å². The molecule has 0 aromatic heterocycles. The van der Waals surface area contributed by atoms with E-state index in [0.717, 1.165) is 6.42 Å². The van der Waals surface area contributed by atoms with E-state index in [9.17, 15) is 13.6 Å². The van der Waals surface area contributed by atoms with Crippen LogP contribution < -0.4 is 0 Å². The van der Waals surface area contributed by atoms with E-state index in [0.29, 0.717) is 18.8 Å². The molecule has 1 aliphatic rings. The minimum atomic E-state index is -2.35. The quantitative estimate of drug-likeness (QED) is 0.691. The van der Waals surface area contributed by atoms with Crippen molar-refractivity contribution in [3.8, 4) is 0 Å². The molecule has 1 aliphatic carbocycles. The van der Waals surface area contributed by atoms with Crippen molar-refractivity contribution in [2.75, 3.05) is 0 Å². The van der Waals surface area contributed by atoms with E-state index in [-0.39, 0.29) is 17.6 Å². The molecule has 3 heteroatoms. The third kappa shape index (κ3) is 3.54. The summed E-state index contributed by atoms with van der Waals surface area (Å²) in [5, 5.41) is 0. The molecule has 0 heterocycles. The summed E-state index contributed by atoms with van der Waals surface area (Å²) < 4.78 is 24.5. The van der Waals surface area contributed by atoms with Crippen LogP contribution in [0, 0.1) is 17.3 Å². The first-order valence-corrected chi connectivity index (χ1v) is 5.61. The fourth-order valence-corrected chi connectivity index (χ4v) is 2.34. The maximum atomic E-state index is 12.3. The van der Waals surface area contributed by atoms with Crippen LogP contribution in [0.25, 0.3) is 0 Å². The zero-order chi connectivity index (χ0) is 11.6. The summed E-state index contributed by atoms with van der Waals surface area (Å²) in [5.74, 6) is 0.0396. The van der Waals surface area contributed by atoms with Gasteiger partial charge in [0, 0.05) is 18.8 Å². The lowest BCUT2D eigenvalue weighted by atomic mass is 9.68. The van der Waals surface area contributed by atoms with E-state index in [1.165, 1.54) is 0 Å². The highest BCUT2D eigenvalue weighted by Gasteiger charge is 2.35. The van der Waals surface area contributed by atoms with Gasteiger partial charge in [0.25, 0.3) is 0 Å². The van der Waals surface area contributed by atoms with E-state index in [4.69, 9.17) is 0 Å². The van der Waals surface area contributed by atoms with Gasteiger partial charge in [-0.1, -0.05) is 20.8 Å². The predicted octanol–water partition coefficient (Wildman–Crippen LogP) is 3.67. The summed E-state index contributed by atoms with van der Waals surface area (Å²) in [7, 11) is 0. The Balaban J connectivity index is 2.60.